The van der Waals surface area contributed by atoms with Gasteiger partial charge in [-0.15, -0.1) is 13.2 Å². The number of rotatable bonds is 5. The molecule has 0 unspecified atom stereocenters. The molecule has 4 rings (SSSR count). The van der Waals surface area contributed by atoms with Gasteiger partial charge in [-0.1, -0.05) is 48.5 Å². The second-order valence-corrected chi connectivity index (χ2v) is 6.81. The molecule has 4 nitrogen and oxygen atoms in total. The van der Waals surface area contributed by atoms with Crippen molar-refractivity contribution in [3.05, 3.63) is 89.9 Å². The van der Waals surface area contributed by atoms with E-state index in [0.717, 1.165) is 6.07 Å². The molecule has 0 amide bonds. The fourth-order valence-electron chi connectivity index (χ4n) is 3.65. The van der Waals surface area contributed by atoms with E-state index in [9.17, 15) is 27.5 Å². The molecule has 0 saturated carbocycles. The first-order valence-corrected chi connectivity index (χ1v) is 9.18. The van der Waals surface area contributed by atoms with Crippen LogP contribution >= 0.6 is 0 Å². The zero-order valence-corrected chi connectivity index (χ0v) is 15.9. The third kappa shape index (κ3) is 4.09. The molecule has 0 bridgehead atoms. The van der Waals surface area contributed by atoms with Crippen molar-refractivity contribution in [2.24, 2.45) is 0 Å². The van der Waals surface area contributed by atoms with Gasteiger partial charge in [0.1, 0.15) is 17.3 Å². The number of carboxylic acid groups (broad SMARTS) is 1. The lowest BCUT2D eigenvalue weighted by Gasteiger charge is -2.12. The van der Waals surface area contributed by atoms with Gasteiger partial charge in [-0.05, 0) is 29.8 Å². The molecule has 1 heterocycles. The van der Waals surface area contributed by atoms with E-state index in [1.54, 1.807) is 36.4 Å². The maximum atomic E-state index is 14.6. The molecule has 0 spiro atoms. The number of hydrogen-bond donors (Lipinski definition) is 1. The van der Waals surface area contributed by atoms with Crippen molar-refractivity contribution >= 4 is 16.9 Å². The van der Waals surface area contributed by atoms with Crippen LogP contribution in [0.3, 0.4) is 0 Å². The quantitative estimate of drug-likeness (QED) is 0.391. The molecule has 1 N–H and O–H groups in total. The van der Waals surface area contributed by atoms with Gasteiger partial charge in [0, 0.05) is 28.6 Å². The molecule has 0 saturated heterocycles. The molecule has 1 aromatic heterocycles. The minimum absolute atomic E-state index is 0.0499. The first kappa shape index (κ1) is 20.5. The predicted octanol–water partition coefficient (Wildman–Crippen LogP) is 6.09. The minimum atomic E-state index is -4.84. The number of aromatic carboxylic acids is 1. The van der Waals surface area contributed by atoms with E-state index in [-0.39, 0.29) is 23.4 Å². The predicted molar refractivity (Wildman–Crippen MR) is 107 cm³/mol. The Morgan fingerprint density at radius 1 is 0.968 bits per heavy atom. The molecular formula is C23H15F4NO3. The van der Waals surface area contributed by atoms with Gasteiger partial charge < -0.3 is 14.4 Å². The Labute approximate surface area is 173 Å². The summed E-state index contributed by atoms with van der Waals surface area (Å²) in [6.45, 7) is -0.0499. The van der Waals surface area contributed by atoms with Crippen LogP contribution in [0.15, 0.2) is 72.8 Å². The van der Waals surface area contributed by atoms with Crippen LogP contribution in [0.4, 0.5) is 17.6 Å². The van der Waals surface area contributed by atoms with E-state index in [2.05, 4.69) is 4.74 Å². The van der Waals surface area contributed by atoms with Crippen LogP contribution < -0.4 is 4.74 Å². The van der Waals surface area contributed by atoms with Gasteiger partial charge in [0.25, 0.3) is 0 Å². The van der Waals surface area contributed by atoms with Crippen LogP contribution in [-0.2, 0) is 6.54 Å². The second kappa shape index (κ2) is 7.79. The maximum absolute atomic E-state index is 14.6. The van der Waals surface area contributed by atoms with Crippen molar-refractivity contribution in [2.45, 2.75) is 12.9 Å². The Balaban J connectivity index is 1.90. The second-order valence-electron chi connectivity index (χ2n) is 6.81. The largest absolute Gasteiger partial charge is 0.573 e. The third-order valence-electron chi connectivity index (χ3n) is 4.79. The van der Waals surface area contributed by atoms with Crippen molar-refractivity contribution in [1.82, 2.24) is 4.57 Å². The number of hydrogen-bond acceptors (Lipinski definition) is 2. The van der Waals surface area contributed by atoms with Gasteiger partial charge >= 0.3 is 12.3 Å². The number of benzene rings is 3. The normalized spacial score (nSPS) is 11.6. The Hall–Kier alpha value is -3.81. The average molecular weight is 429 g/mol. The SMILES string of the molecule is O=C(O)c1c(-c2ccccc2F)c2ccccc2n1Cc1cccc(OC(F)(F)F)c1. The summed E-state index contributed by atoms with van der Waals surface area (Å²) in [5, 5.41) is 10.5. The van der Waals surface area contributed by atoms with E-state index in [0.29, 0.717) is 16.5 Å². The highest BCUT2D eigenvalue weighted by Gasteiger charge is 2.31. The summed E-state index contributed by atoms with van der Waals surface area (Å²) in [7, 11) is 0. The van der Waals surface area contributed by atoms with Gasteiger partial charge in [0.05, 0.1) is 0 Å². The number of alkyl halides is 3. The summed E-state index contributed by atoms with van der Waals surface area (Å²) >= 11 is 0. The average Bonchev–Trinajstić information content (AvgIpc) is 3.02. The maximum Gasteiger partial charge on any atom is 0.573 e. The highest BCUT2D eigenvalue weighted by atomic mass is 19.4. The Kier molecular flexibility index (Phi) is 5.14. The summed E-state index contributed by atoms with van der Waals surface area (Å²) in [5.41, 5.74) is 1.09. The molecule has 0 fully saturated rings. The first-order valence-electron chi connectivity index (χ1n) is 9.18. The molecule has 158 valence electrons. The van der Waals surface area contributed by atoms with Crippen LogP contribution in [0, 0.1) is 5.82 Å². The topological polar surface area (TPSA) is 51.5 Å². The van der Waals surface area contributed by atoms with Crippen LogP contribution in [0.1, 0.15) is 16.1 Å². The van der Waals surface area contributed by atoms with Gasteiger partial charge in [-0.2, -0.15) is 0 Å². The van der Waals surface area contributed by atoms with Crippen molar-refractivity contribution in [3.63, 3.8) is 0 Å². The Morgan fingerprint density at radius 2 is 1.68 bits per heavy atom. The van der Waals surface area contributed by atoms with Crippen LogP contribution in [0.5, 0.6) is 5.75 Å². The zero-order chi connectivity index (χ0) is 22.2. The molecule has 0 atom stereocenters. The number of aromatic nitrogens is 1. The molecular weight excluding hydrogens is 414 g/mol. The fourth-order valence-corrected chi connectivity index (χ4v) is 3.65. The van der Waals surface area contributed by atoms with Crippen LogP contribution in [0.25, 0.3) is 22.0 Å². The smallest absolute Gasteiger partial charge is 0.477 e. The number of para-hydroxylation sites is 1. The lowest BCUT2D eigenvalue weighted by molar-refractivity contribution is -0.274. The summed E-state index contributed by atoms with van der Waals surface area (Å²) in [4.78, 5) is 12.2. The first-order chi connectivity index (χ1) is 14.7. The highest BCUT2D eigenvalue weighted by Crippen LogP contribution is 2.37. The van der Waals surface area contributed by atoms with Crippen molar-refractivity contribution < 1.29 is 32.2 Å². The van der Waals surface area contributed by atoms with E-state index < -0.39 is 23.9 Å². The van der Waals surface area contributed by atoms with E-state index >= 15 is 0 Å². The summed E-state index contributed by atoms with van der Waals surface area (Å²) in [6.07, 6.45) is -4.84. The molecule has 0 aliphatic carbocycles. The monoisotopic (exact) mass is 429 g/mol. The van der Waals surface area contributed by atoms with Crippen molar-refractivity contribution in [1.29, 1.82) is 0 Å². The van der Waals surface area contributed by atoms with E-state index in [1.165, 1.54) is 34.9 Å². The summed E-state index contributed by atoms with van der Waals surface area (Å²) < 4.78 is 57.7. The molecule has 0 aliphatic heterocycles. The molecule has 0 radical (unpaired) electrons. The number of ether oxygens (including phenoxy) is 1. The Morgan fingerprint density at radius 3 is 2.39 bits per heavy atom. The lowest BCUT2D eigenvalue weighted by Crippen LogP contribution is -2.17. The summed E-state index contributed by atoms with van der Waals surface area (Å²) in [6, 6.07) is 17.9. The zero-order valence-electron chi connectivity index (χ0n) is 15.9. The standard InChI is InChI=1S/C23H15F4NO3/c24-18-10-3-1-8-16(18)20-17-9-2-4-11-19(17)28(21(20)22(29)30)13-14-6-5-7-15(12-14)31-23(25,26)27/h1-12H,13H2,(H,29,30). The van der Waals surface area contributed by atoms with E-state index in [4.69, 9.17) is 0 Å². The molecule has 4 aromatic rings. The Bertz CT molecular complexity index is 1280. The highest BCUT2D eigenvalue weighted by molar-refractivity contribution is 6.08. The fraction of sp³-hybridized carbons (Fsp3) is 0.0870. The molecule has 0 aliphatic rings. The summed E-state index contributed by atoms with van der Waals surface area (Å²) in [5.74, 6) is -2.27. The van der Waals surface area contributed by atoms with Gasteiger partial charge in [-0.25, -0.2) is 9.18 Å². The molecule has 8 heteroatoms. The molecule has 31 heavy (non-hydrogen) atoms. The van der Waals surface area contributed by atoms with E-state index in [1.807, 2.05) is 0 Å². The number of fused-ring (bicyclic) bond motifs is 1. The number of carbonyl (C=O) groups is 1. The van der Waals surface area contributed by atoms with Gasteiger partial charge in [-0.3, -0.25) is 0 Å². The van der Waals surface area contributed by atoms with Gasteiger partial charge in [0.2, 0.25) is 0 Å². The third-order valence-corrected chi connectivity index (χ3v) is 4.79. The van der Waals surface area contributed by atoms with Crippen LogP contribution in [-0.4, -0.2) is 22.0 Å². The van der Waals surface area contributed by atoms with Gasteiger partial charge in [0.15, 0.2) is 0 Å². The van der Waals surface area contributed by atoms with Crippen molar-refractivity contribution in [3.8, 4) is 16.9 Å². The lowest BCUT2D eigenvalue weighted by atomic mass is 10.0. The van der Waals surface area contributed by atoms with Crippen LogP contribution in [0.2, 0.25) is 0 Å². The molecule has 3 aromatic carbocycles. The minimum Gasteiger partial charge on any atom is -0.477 e. The van der Waals surface area contributed by atoms with Crippen molar-refractivity contribution in [2.75, 3.05) is 0 Å². The number of halogens is 4. The number of nitrogens with zero attached hydrogens (tertiary/aromatic N) is 1. The number of carboxylic acids is 1.